The molecule has 0 aliphatic rings. The Labute approximate surface area is 117 Å². The van der Waals surface area contributed by atoms with Crippen molar-refractivity contribution in [2.75, 3.05) is 27.3 Å². The maximum Gasteiger partial charge on any atom is 0.161 e. The second-order valence-electron chi connectivity index (χ2n) is 5.98. The topological polar surface area (TPSA) is 30.5 Å². The third kappa shape index (κ3) is 4.43. The molecule has 0 saturated carbocycles. The Morgan fingerprint density at radius 1 is 1.11 bits per heavy atom. The van der Waals surface area contributed by atoms with Crippen molar-refractivity contribution in [3.05, 3.63) is 23.8 Å². The molecule has 0 heterocycles. The molecule has 0 radical (unpaired) electrons. The summed E-state index contributed by atoms with van der Waals surface area (Å²) in [5, 5.41) is 3.52. The van der Waals surface area contributed by atoms with Crippen LogP contribution in [0.5, 0.6) is 11.5 Å². The van der Waals surface area contributed by atoms with Gasteiger partial charge in [0.25, 0.3) is 0 Å². The number of nitrogens with one attached hydrogen (secondary N) is 1. The summed E-state index contributed by atoms with van der Waals surface area (Å²) in [7, 11) is 3.33. The molecule has 0 bridgehead atoms. The van der Waals surface area contributed by atoms with Gasteiger partial charge in [0, 0.05) is 12.0 Å². The molecule has 19 heavy (non-hydrogen) atoms. The third-order valence-corrected chi connectivity index (χ3v) is 3.28. The van der Waals surface area contributed by atoms with Crippen LogP contribution in [-0.2, 0) is 5.41 Å². The zero-order chi connectivity index (χ0) is 14.5. The van der Waals surface area contributed by atoms with E-state index >= 15 is 0 Å². The minimum atomic E-state index is 0.0639. The summed E-state index contributed by atoms with van der Waals surface area (Å²) in [5.74, 6) is 2.23. The zero-order valence-corrected chi connectivity index (χ0v) is 13.0. The van der Waals surface area contributed by atoms with Gasteiger partial charge >= 0.3 is 0 Å². The largest absolute Gasteiger partial charge is 0.493 e. The normalized spacial score (nSPS) is 11.7. The summed E-state index contributed by atoms with van der Waals surface area (Å²) in [4.78, 5) is 0. The lowest BCUT2D eigenvalue weighted by Crippen LogP contribution is -2.34. The van der Waals surface area contributed by atoms with E-state index in [9.17, 15) is 0 Å². The monoisotopic (exact) mass is 265 g/mol. The maximum atomic E-state index is 5.37. The van der Waals surface area contributed by atoms with E-state index < -0.39 is 0 Å². The highest BCUT2D eigenvalue weighted by Gasteiger charge is 2.21. The molecule has 3 nitrogen and oxygen atoms in total. The van der Waals surface area contributed by atoms with Crippen molar-refractivity contribution in [2.24, 2.45) is 5.92 Å². The average Bonchev–Trinajstić information content (AvgIpc) is 2.37. The van der Waals surface area contributed by atoms with E-state index in [0.29, 0.717) is 5.92 Å². The molecule has 0 aliphatic carbocycles. The van der Waals surface area contributed by atoms with Crippen LogP contribution >= 0.6 is 0 Å². The van der Waals surface area contributed by atoms with Gasteiger partial charge in [-0.1, -0.05) is 33.8 Å². The van der Waals surface area contributed by atoms with Crippen LogP contribution in [0.4, 0.5) is 0 Å². The van der Waals surface area contributed by atoms with Crippen LogP contribution in [0.2, 0.25) is 0 Å². The molecule has 1 rings (SSSR count). The van der Waals surface area contributed by atoms with Crippen LogP contribution in [0.1, 0.15) is 33.3 Å². The van der Waals surface area contributed by atoms with Gasteiger partial charge in [0.1, 0.15) is 0 Å². The number of hydrogen-bond donors (Lipinski definition) is 1. The summed E-state index contributed by atoms with van der Waals surface area (Å²) in [6.45, 7) is 10.9. The standard InChI is InChI=1S/C16H27NO2/c1-12(2)10-17-11-16(3,4)13-7-8-14(18-5)15(9-13)19-6/h7-9,12,17H,10-11H2,1-6H3. The van der Waals surface area contributed by atoms with E-state index in [1.165, 1.54) is 5.56 Å². The van der Waals surface area contributed by atoms with Gasteiger partial charge in [-0.3, -0.25) is 0 Å². The number of hydrogen-bond acceptors (Lipinski definition) is 3. The summed E-state index contributed by atoms with van der Waals surface area (Å²) in [5.41, 5.74) is 1.32. The summed E-state index contributed by atoms with van der Waals surface area (Å²) in [6.07, 6.45) is 0. The lowest BCUT2D eigenvalue weighted by molar-refractivity contribution is 0.352. The molecule has 1 aromatic rings. The molecule has 0 spiro atoms. The Morgan fingerprint density at radius 2 is 1.74 bits per heavy atom. The molecule has 0 amide bonds. The Kier molecular flexibility index (Phi) is 5.67. The summed E-state index contributed by atoms with van der Waals surface area (Å²) >= 11 is 0. The Bertz CT molecular complexity index is 400. The number of ether oxygens (including phenoxy) is 2. The van der Waals surface area contributed by atoms with Crippen LogP contribution in [0, 0.1) is 5.92 Å². The van der Waals surface area contributed by atoms with Gasteiger partial charge in [0.05, 0.1) is 14.2 Å². The first-order valence-corrected chi connectivity index (χ1v) is 6.84. The van der Waals surface area contributed by atoms with Gasteiger partial charge in [-0.2, -0.15) is 0 Å². The molecular weight excluding hydrogens is 238 g/mol. The second kappa shape index (κ2) is 6.80. The summed E-state index contributed by atoms with van der Waals surface area (Å²) < 4.78 is 10.6. The molecule has 0 fully saturated rings. The van der Waals surface area contributed by atoms with Crippen molar-refractivity contribution in [3.63, 3.8) is 0 Å². The fourth-order valence-corrected chi connectivity index (χ4v) is 2.03. The van der Waals surface area contributed by atoms with Crippen molar-refractivity contribution < 1.29 is 9.47 Å². The Hall–Kier alpha value is -1.22. The molecule has 0 atom stereocenters. The number of rotatable bonds is 7. The molecular formula is C16H27NO2. The molecule has 3 heteroatoms. The van der Waals surface area contributed by atoms with E-state index in [1.54, 1.807) is 14.2 Å². The number of benzene rings is 1. The van der Waals surface area contributed by atoms with Gasteiger partial charge in [-0.25, -0.2) is 0 Å². The molecule has 108 valence electrons. The predicted molar refractivity (Wildman–Crippen MR) is 80.3 cm³/mol. The van der Waals surface area contributed by atoms with Crippen LogP contribution < -0.4 is 14.8 Å². The van der Waals surface area contributed by atoms with Crippen LogP contribution in [0.3, 0.4) is 0 Å². The summed E-state index contributed by atoms with van der Waals surface area (Å²) in [6, 6.07) is 6.15. The van der Waals surface area contributed by atoms with Crippen molar-refractivity contribution in [1.29, 1.82) is 0 Å². The first-order chi connectivity index (χ1) is 8.90. The molecule has 1 N–H and O–H groups in total. The first-order valence-electron chi connectivity index (χ1n) is 6.84. The van der Waals surface area contributed by atoms with Gasteiger partial charge in [-0.05, 0) is 30.2 Å². The lowest BCUT2D eigenvalue weighted by Gasteiger charge is -2.27. The van der Waals surface area contributed by atoms with E-state index in [-0.39, 0.29) is 5.41 Å². The van der Waals surface area contributed by atoms with Crippen molar-refractivity contribution in [1.82, 2.24) is 5.32 Å². The highest BCUT2D eigenvalue weighted by molar-refractivity contribution is 5.45. The SMILES string of the molecule is COc1ccc(C(C)(C)CNCC(C)C)cc1OC. The Balaban J connectivity index is 2.82. The minimum absolute atomic E-state index is 0.0639. The number of methoxy groups -OCH3 is 2. The van der Waals surface area contributed by atoms with Gasteiger partial charge in [0.15, 0.2) is 11.5 Å². The van der Waals surface area contributed by atoms with Crippen molar-refractivity contribution in [2.45, 2.75) is 33.1 Å². The Morgan fingerprint density at radius 3 is 2.26 bits per heavy atom. The third-order valence-electron chi connectivity index (χ3n) is 3.28. The minimum Gasteiger partial charge on any atom is -0.493 e. The lowest BCUT2D eigenvalue weighted by atomic mass is 9.84. The molecule has 0 aliphatic heterocycles. The quantitative estimate of drug-likeness (QED) is 0.821. The van der Waals surface area contributed by atoms with Gasteiger partial charge in [-0.15, -0.1) is 0 Å². The van der Waals surface area contributed by atoms with Gasteiger partial charge < -0.3 is 14.8 Å². The first kappa shape index (κ1) is 15.8. The highest BCUT2D eigenvalue weighted by Crippen LogP contribution is 2.32. The molecule has 0 saturated heterocycles. The fourth-order valence-electron chi connectivity index (χ4n) is 2.03. The van der Waals surface area contributed by atoms with Crippen molar-refractivity contribution >= 4 is 0 Å². The highest BCUT2D eigenvalue weighted by atomic mass is 16.5. The van der Waals surface area contributed by atoms with E-state index in [1.807, 2.05) is 6.07 Å². The predicted octanol–water partition coefficient (Wildman–Crippen LogP) is 3.23. The molecule has 0 unspecified atom stereocenters. The average molecular weight is 265 g/mol. The zero-order valence-electron chi connectivity index (χ0n) is 13.0. The van der Waals surface area contributed by atoms with E-state index in [0.717, 1.165) is 24.6 Å². The molecule has 1 aromatic carbocycles. The second-order valence-corrected chi connectivity index (χ2v) is 5.98. The van der Waals surface area contributed by atoms with Gasteiger partial charge in [0.2, 0.25) is 0 Å². The van der Waals surface area contributed by atoms with E-state index in [4.69, 9.17) is 9.47 Å². The fraction of sp³-hybridized carbons (Fsp3) is 0.625. The molecule has 0 aromatic heterocycles. The van der Waals surface area contributed by atoms with Crippen LogP contribution in [0.15, 0.2) is 18.2 Å². The van der Waals surface area contributed by atoms with Crippen LogP contribution in [0.25, 0.3) is 0 Å². The van der Waals surface area contributed by atoms with Crippen LogP contribution in [-0.4, -0.2) is 27.3 Å². The smallest absolute Gasteiger partial charge is 0.161 e. The maximum absolute atomic E-state index is 5.37. The van der Waals surface area contributed by atoms with Crippen molar-refractivity contribution in [3.8, 4) is 11.5 Å². The van der Waals surface area contributed by atoms with E-state index in [2.05, 4.69) is 45.1 Å².